The fourth-order valence-electron chi connectivity index (χ4n) is 3.08. The number of carbonyl (C=O) groups is 1. The number of hydrogen-bond acceptors (Lipinski definition) is 5. The standard InChI is InChI=1S/C21H34N4O4S/c1-5-22-19(24-14-17-11-13-30(27,28)15-17)23-12-10-16-6-8-18(9-7-16)25-20(26)29-21(2,3)4/h6-9,17H,5,10-15H2,1-4H3,(H,25,26)(H2,22,23,24). The van der Waals surface area contributed by atoms with Crippen molar-refractivity contribution in [2.45, 2.75) is 46.1 Å². The van der Waals surface area contributed by atoms with E-state index in [0.717, 1.165) is 18.5 Å². The molecule has 0 bridgehead atoms. The summed E-state index contributed by atoms with van der Waals surface area (Å²) in [4.78, 5) is 16.4. The molecule has 1 atom stereocenters. The lowest BCUT2D eigenvalue weighted by molar-refractivity contribution is 0.0636. The zero-order valence-electron chi connectivity index (χ0n) is 18.3. The molecule has 3 N–H and O–H groups in total. The first-order chi connectivity index (χ1) is 14.1. The molecule has 0 radical (unpaired) electrons. The van der Waals surface area contributed by atoms with Crippen LogP contribution in [0.4, 0.5) is 10.5 Å². The molecule has 8 nitrogen and oxygen atoms in total. The van der Waals surface area contributed by atoms with E-state index in [2.05, 4.69) is 20.9 Å². The first-order valence-corrected chi connectivity index (χ1v) is 12.2. The molecule has 0 spiro atoms. The van der Waals surface area contributed by atoms with Crippen LogP contribution in [0.1, 0.15) is 39.7 Å². The molecule has 1 saturated heterocycles. The third-order valence-electron chi connectivity index (χ3n) is 4.48. The average Bonchev–Trinajstić information content (AvgIpc) is 2.98. The van der Waals surface area contributed by atoms with E-state index in [4.69, 9.17) is 4.74 Å². The van der Waals surface area contributed by atoms with Crippen molar-refractivity contribution in [1.29, 1.82) is 0 Å². The summed E-state index contributed by atoms with van der Waals surface area (Å²) in [7, 11) is -2.87. The summed E-state index contributed by atoms with van der Waals surface area (Å²) in [5.41, 5.74) is 1.27. The van der Waals surface area contributed by atoms with E-state index >= 15 is 0 Å². The summed E-state index contributed by atoms with van der Waals surface area (Å²) < 4.78 is 28.4. The largest absolute Gasteiger partial charge is 0.444 e. The first-order valence-electron chi connectivity index (χ1n) is 10.4. The topological polar surface area (TPSA) is 109 Å². The van der Waals surface area contributed by atoms with E-state index in [-0.39, 0.29) is 17.4 Å². The molecule has 30 heavy (non-hydrogen) atoms. The molecular formula is C21H34N4O4S. The molecule has 1 aliphatic rings. The van der Waals surface area contributed by atoms with Crippen molar-refractivity contribution in [3.63, 3.8) is 0 Å². The molecule has 2 rings (SSSR count). The highest BCUT2D eigenvalue weighted by atomic mass is 32.2. The van der Waals surface area contributed by atoms with Gasteiger partial charge in [0.05, 0.1) is 11.5 Å². The summed E-state index contributed by atoms with van der Waals surface area (Å²) in [6.45, 7) is 9.40. The number of nitrogens with zero attached hydrogens (tertiary/aromatic N) is 1. The van der Waals surface area contributed by atoms with Gasteiger partial charge in [0.15, 0.2) is 15.8 Å². The monoisotopic (exact) mass is 438 g/mol. The smallest absolute Gasteiger partial charge is 0.412 e. The Balaban J connectivity index is 1.79. The van der Waals surface area contributed by atoms with E-state index < -0.39 is 21.5 Å². The molecule has 0 aliphatic carbocycles. The van der Waals surface area contributed by atoms with Crippen molar-refractivity contribution in [2.75, 3.05) is 36.5 Å². The van der Waals surface area contributed by atoms with Gasteiger partial charge < -0.3 is 15.4 Å². The Kier molecular flexibility index (Phi) is 8.52. The van der Waals surface area contributed by atoms with Crippen LogP contribution < -0.4 is 16.0 Å². The van der Waals surface area contributed by atoms with Gasteiger partial charge in [0.2, 0.25) is 0 Å². The maximum atomic E-state index is 11.8. The van der Waals surface area contributed by atoms with Crippen LogP contribution in [0.25, 0.3) is 0 Å². The fourth-order valence-corrected chi connectivity index (χ4v) is 4.93. The van der Waals surface area contributed by atoms with Gasteiger partial charge in [0.25, 0.3) is 0 Å². The van der Waals surface area contributed by atoms with Crippen LogP contribution in [0.3, 0.4) is 0 Å². The minimum atomic E-state index is -2.87. The molecule has 1 aromatic carbocycles. The molecule has 1 unspecified atom stereocenters. The number of carbonyl (C=O) groups excluding carboxylic acids is 1. The number of anilines is 1. The maximum Gasteiger partial charge on any atom is 0.412 e. The van der Waals surface area contributed by atoms with Gasteiger partial charge in [-0.3, -0.25) is 10.3 Å². The summed E-state index contributed by atoms with van der Waals surface area (Å²) in [5, 5.41) is 9.19. The van der Waals surface area contributed by atoms with Crippen LogP contribution in [-0.2, 0) is 21.0 Å². The first kappa shape index (κ1) is 24.0. The molecule has 168 valence electrons. The summed E-state index contributed by atoms with van der Waals surface area (Å²) in [5.74, 6) is 1.32. The number of hydrogen-bond donors (Lipinski definition) is 3. The lowest BCUT2D eigenvalue weighted by Gasteiger charge is -2.19. The SMILES string of the molecule is CCNC(=NCC1CCS(=O)(=O)C1)NCCc1ccc(NC(=O)OC(C)(C)C)cc1. The Hall–Kier alpha value is -2.29. The number of benzene rings is 1. The lowest BCUT2D eigenvalue weighted by Crippen LogP contribution is -2.38. The Morgan fingerprint density at radius 1 is 1.20 bits per heavy atom. The number of rotatable bonds is 7. The number of aliphatic imine (C=N–C) groups is 1. The van der Waals surface area contributed by atoms with E-state index in [1.165, 1.54) is 0 Å². The second-order valence-electron chi connectivity index (χ2n) is 8.49. The van der Waals surface area contributed by atoms with E-state index in [1.54, 1.807) is 0 Å². The predicted octanol–water partition coefficient (Wildman–Crippen LogP) is 2.57. The minimum absolute atomic E-state index is 0.107. The fraction of sp³-hybridized carbons (Fsp3) is 0.619. The number of amides is 1. The van der Waals surface area contributed by atoms with Gasteiger partial charge in [-0.25, -0.2) is 13.2 Å². The molecule has 0 aromatic heterocycles. The van der Waals surface area contributed by atoms with E-state index in [1.807, 2.05) is 52.0 Å². The normalized spacial score (nSPS) is 18.7. The van der Waals surface area contributed by atoms with Crippen molar-refractivity contribution in [3.8, 4) is 0 Å². The molecule has 1 aliphatic heterocycles. The average molecular weight is 439 g/mol. The van der Waals surface area contributed by atoms with E-state index in [0.29, 0.717) is 31.2 Å². The molecule has 9 heteroatoms. The third kappa shape index (κ3) is 9.02. The zero-order valence-corrected chi connectivity index (χ0v) is 19.1. The molecular weight excluding hydrogens is 404 g/mol. The van der Waals surface area contributed by atoms with Gasteiger partial charge in [-0.05, 0) is 64.2 Å². The van der Waals surface area contributed by atoms with E-state index in [9.17, 15) is 13.2 Å². The van der Waals surface area contributed by atoms with Crippen LogP contribution in [0, 0.1) is 5.92 Å². The lowest BCUT2D eigenvalue weighted by atomic mass is 10.1. The molecule has 1 fully saturated rings. The van der Waals surface area contributed by atoms with Crippen LogP contribution in [0.15, 0.2) is 29.3 Å². The highest BCUT2D eigenvalue weighted by Crippen LogP contribution is 2.18. The van der Waals surface area contributed by atoms with Gasteiger partial charge in [-0.1, -0.05) is 12.1 Å². The highest BCUT2D eigenvalue weighted by molar-refractivity contribution is 7.91. The van der Waals surface area contributed by atoms with Gasteiger partial charge >= 0.3 is 6.09 Å². The van der Waals surface area contributed by atoms with Gasteiger partial charge in [0.1, 0.15) is 5.60 Å². The number of ether oxygens (including phenoxy) is 1. The number of nitrogens with one attached hydrogen (secondary N) is 3. The van der Waals surface area contributed by atoms with Crippen molar-refractivity contribution < 1.29 is 17.9 Å². The zero-order chi connectivity index (χ0) is 22.2. The minimum Gasteiger partial charge on any atom is -0.444 e. The van der Waals surface area contributed by atoms with Crippen LogP contribution in [0.5, 0.6) is 0 Å². The van der Waals surface area contributed by atoms with Gasteiger partial charge in [-0.2, -0.15) is 0 Å². The van der Waals surface area contributed by atoms with Gasteiger partial charge in [0, 0.05) is 25.3 Å². The van der Waals surface area contributed by atoms with Crippen molar-refractivity contribution in [3.05, 3.63) is 29.8 Å². The molecule has 0 saturated carbocycles. The molecule has 1 heterocycles. The van der Waals surface area contributed by atoms with Crippen LogP contribution in [-0.4, -0.2) is 57.2 Å². The number of guanidine groups is 1. The molecule has 1 aromatic rings. The van der Waals surface area contributed by atoms with Crippen molar-refractivity contribution >= 4 is 27.6 Å². The van der Waals surface area contributed by atoms with Crippen molar-refractivity contribution in [1.82, 2.24) is 10.6 Å². The summed E-state index contributed by atoms with van der Waals surface area (Å²) in [6.07, 6.45) is 1.00. The second-order valence-corrected chi connectivity index (χ2v) is 10.7. The quantitative estimate of drug-likeness (QED) is 0.446. The van der Waals surface area contributed by atoms with Crippen molar-refractivity contribution in [2.24, 2.45) is 10.9 Å². The Labute approximate surface area is 179 Å². The maximum absolute atomic E-state index is 11.8. The predicted molar refractivity (Wildman–Crippen MR) is 121 cm³/mol. The van der Waals surface area contributed by atoms with Gasteiger partial charge in [-0.15, -0.1) is 0 Å². The Morgan fingerprint density at radius 2 is 1.90 bits per heavy atom. The highest BCUT2D eigenvalue weighted by Gasteiger charge is 2.27. The summed E-state index contributed by atoms with van der Waals surface area (Å²) in [6, 6.07) is 7.61. The van der Waals surface area contributed by atoms with Crippen LogP contribution in [0.2, 0.25) is 0 Å². The molecule has 1 amide bonds. The Morgan fingerprint density at radius 3 is 2.47 bits per heavy atom. The second kappa shape index (κ2) is 10.7. The Bertz CT molecular complexity index is 830. The summed E-state index contributed by atoms with van der Waals surface area (Å²) >= 11 is 0. The van der Waals surface area contributed by atoms with Crippen LogP contribution >= 0.6 is 0 Å². The number of sulfone groups is 1. The third-order valence-corrected chi connectivity index (χ3v) is 6.32.